The number of amides is 1. The summed E-state index contributed by atoms with van der Waals surface area (Å²) in [5, 5.41) is 2.75. The third-order valence-electron chi connectivity index (χ3n) is 2.74. The number of nitrogens with zero attached hydrogens (tertiary/aromatic N) is 1. The van der Waals surface area contributed by atoms with Crippen LogP contribution in [0, 0.1) is 0 Å². The third kappa shape index (κ3) is 7.36. The molecule has 4 heteroatoms. The Morgan fingerprint density at radius 3 is 2.53 bits per heavy atom. The molecule has 1 amide bonds. The van der Waals surface area contributed by atoms with Crippen LogP contribution < -0.4 is 5.32 Å². The van der Waals surface area contributed by atoms with Gasteiger partial charge in [0, 0.05) is 13.1 Å². The fourth-order valence-corrected chi connectivity index (χ4v) is 1.84. The summed E-state index contributed by atoms with van der Waals surface area (Å²) in [6.45, 7) is 3.86. The zero-order valence-corrected chi connectivity index (χ0v) is 11.7. The first-order chi connectivity index (χ1) is 9.08. The SMILES string of the molecule is CC(=O)CC(=O)NCCCN(C)Cc1ccccc1. The normalized spacial score (nSPS) is 10.5. The molecule has 104 valence electrons. The number of hydrogen-bond acceptors (Lipinski definition) is 3. The van der Waals surface area contributed by atoms with E-state index in [-0.39, 0.29) is 18.1 Å². The van der Waals surface area contributed by atoms with E-state index >= 15 is 0 Å². The number of hydrogen-bond donors (Lipinski definition) is 1. The van der Waals surface area contributed by atoms with Gasteiger partial charge in [0.2, 0.25) is 5.91 Å². The number of carbonyl (C=O) groups is 2. The summed E-state index contributed by atoms with van der Waals surface area (Å²) in [7, 11) is 2.06. The van der Waals surface area contributed by atoms with E-state index in [0.29, 0.717) is 6.54 Å². The van der Waals surface area contributed by atoms with Crippen molar-refractivity contribution in [3.05, 3.63) is 35.9 Å². The lowest BCUT2D eigenvalue weighted by Crippen LogP contribution is -2.29. The van der Waals surface area contributed by atoms with E-state index in [1.165, 1.54) is 12.5 Å². The Labute approximate surface area is 114 Å². The fraction of sp³-hybridized carbons (Fsp3) is 0.467. The molecule has 0 saturated heterocycles. The second-order valence-electron chi connectivity index (χ2n) is 4.81. The quantitative estimate of drug-likeness (QED) is 0.572. The van der Waals surface area contributed by atoms with Crippen molar-refractivity contribution in [2.24, 2.45) is 0 Å². The first-order valence-electron chi connectivity index (χ1n) is 6.56. The van der Waals surface area contributed by atoms with Gasteiger partial charge in [-0.1, -0.05) is 30.3 Å². The maximum absolute atomic E-state index is 11.2. The highest BCUT2D eigenvalue weighted by atomic mass is 16.2. The minimum atomic E-state index is -0.182. The lowest BCUT2D eigenvalue weighted by Gasteiger charge is -2.16. The van der Waals surface area contributed by atoms with Crippen LogP contribution in [0.5, 0.6) is 0 Å². The highest BCUT2D eigenvalue weighted by molar-refractivity contribution is 5.96. The van der Waals surface area contributed by atoms with Gasteiger partial charge in [-0.05, 0) is 32.5 Å². The highest BCUT2D eigenvalue weighted by Crippen LogP contribution is 2.02. The van der Waals surface area contributed by atoms with Crippen LogP contribution in [0.15, 0.2) is 30.3 Å². The molecular weight excluding hydrogens is 240 g/mol. The van der Waals surface area contributed by atoms with Gasteiger partial charge in [-0.25, -0.2) is 0 Å². The van der Waals surface area contributed by atoms with Crippen LogP contribution in [-0.2, 0) is 16.1 Å². The summed E-state index contributed by atoms with van der Waals surface area (Å²) in [6.07, 6.45) is 0.868. The van der Waals surface area contributed by atoms with Crippen LogP contribution in [0.25, 0.3) is 0 Å². The summed E-state index contributed by atoms with van der Waals surface area (Å²) in [4.78, 5) is 24.2. The summed E-state index contributed by atoms with van der Waals surface area (Å²) in [5.74, 6) is -0.281. The van der Waals surface area contributed by atoms with Crippen molar-refractivity contribution < 1.29 is 9.59 Å². The van der Waals surface area contributed by atoms with E-state index < -0.39 is 0 Å². The molecule has 0 aliphatic carbocycles. The van der Waals surface area contributed by atoms with Gasteiger partial charge < -0.3 is 10.2 Å². The molecule has 0 aromatic heterocycles. The van der Waals surface area contributed by atoms with Crippen molar-refractivity contribution in [3.8, 4) is 0 Å². The minimum absolute atomic E-state index is 0.0140. The molecule has 0 heterocycles. The molecule has 1 aromatic rings. The molecule has 0 bridgehead atoms. The van der Waals surface area contributed by atoms with Crippen LogP contribution in [0.2, 0.25) is 0 Å². The standard InChI is InChI=1S/C15H22N2O2/c1-13(18)11-15(19)16-9-6-10-17(2)12-14-7-4-3-5-8-14/h3-5,7-8H,6,9-12H2,1-2H3,(H,16,19). The van der Waals surface area contributed by atoms with Gasteiger partial charge in [-0.2, -0.15) is 0 Å². The Morgan fingerprint density at radius 1 is 1.21 bits per heavy atom. The van der Waals surface area contributed by atoms with Crippen molar-refractivity contribution in [1.82, 2.24) is 10.2 Å². The summed E-state index contributed by atoms with van der Waals surface area (Å²) >= 11 is 0. The molecule has 0 spiro atoms. The van der Waals surface area contributed by atoms with Crippen LogP contribution in [0.1, 0.15) is 25.3 Å². The van der Waals surface area contributed by atoms with Gasteiger partial charge >= 0.3 is 0 Å². The molecule has 1 rings (SSSR count). The molecule has 0 atom stereocenters. The van der Waals surface area contributed by atoms with Crippen molar-refractivity contribution in [2.75, 3.05) is 20.1 Å². The zero-order valence-electron chi connectivity index (χ0n) is 11.7. The lowest BCUT2D eigenvalue weighted by molar-refractivity contribution is -0.127. The smallest absolute Gasteiger partial charge is 0.227 e. The van der Waals surface area contributed by atoms with Gasteiger partial charge in [-0.3, -0.25) is 9.59 Å². The molecule has 4 nitrogen and oxygen atoms in total. The van der Waals surface area contributed by atoms with E-state index in [2.05, 4.69) is 29.4 Å². The first-order valence-corrected chi connectivity index (χ1v) is 6.56. The Morgan fingerprint density at radius 2 is 1.89 bits per heavy atom. The Kier molecular flexibility index (Phi) is 6.82. The predicted octanol–water partition coefficient (Wildman–Crippen LogP) is 1.60. The van der Waals surface area contributed by atoms with E-state index in [1.54, 1.807) is 0 Å². The fourth-order valence-electron chi connectivity index (χ4n) is 1.84. The van der Waals surface area contributed by atoms with Crippen LogP contribution >= 0.6 is 0 Å². The van der Waals surface area contributed by atoms with Gasteiger partial charge in [0.05, 0.1) is 6.42 Å². The summed E-state index contributed by atoms with van der Waals surface area (Å²) in [6, 6.07) is 10.3. The molecule has 0 saturated carbocycles. The van der Waals surface area contributed by atoms with E-state index in [9.17, 15) is 9.59 Å². The van der Waals surface area contributed by atoms with E-state index in [1.807, 2.05) is 18.2 Å². The van der Waals surface area contributed by atoms with Crippen LogP contribution in [-0.4, -0.2) is 36.7 Å². The zero-order chi connectivity index (χ0) is 14.1. The molecule has 0 aliphatic rings. The van der Waals surface area contributed by atoms with Crippen LogP contribution in [0.4, 0.5) is 0 Å². The number of Topliss-reactive ketones (excluding diaryl/α,β-unsaturated/α-hetero) is 1. The largest absolute Gasteiger partial charge is 0.356 e. The number of ketones is 1. The second kappa shape index (κ2) is 8.43. The van der Waals surface area contributed by atoms with Crippen LogP contribution in [0.3, 0.4) is 0 Å². The summed E-state index contributed by atoms with van der Waals surface area (Å²) in [5.41, 5.74) is 1.28. The maximum atomic E-state index is 11.2. The van der Waals surface area contributed by atoms with Gasteiger partial charge in [0.15, 0.2) is 0 Å². The van der Waals surface area contributed by atoms with Crippen molar-refractivity contribution in [2.45, 2.75) is 26.3 Å². The predicted molar refractivity (Wildman–Crippen MR) is 75.7 cm³/mol. The molecule has 1 aromatic carbocycles. The van der Waals surface area contributed by atoms with E-state index in [4.69, 9.17) is 0 Å². The Bertz CT molecular complexity index is 404. The molecule has 1 N–H and O–H groups in total. The average Bonchev–Trinajstić information content (AvgIpc) is 2.35. The first kappa shape index (κ1) is 15.4. The molecule has 0 radical (unpaired) electrons. The maximum Gasteiger partial charge on any atom is 0.227 e. The lowest BCUT2D eigenvalue weighted by atomic mass is 10.2. The Hall–Kier alpha value is -1.68. The topological polar surface area (TPSA) is 49.4 Å². The molecular formula is C15H22N2O2. The second-order valence-corrected chi connectivity index (χ2v) is 4.81. The molecule has 0 fully saturated rings. The number of nitrogens with one attached hydrogen (secondary N) is 1. The molecule has 0 unspecified atom stereocenters. The number of benzene rings is 1. The van der Waals surface area contributed by atoms with E-state index in [0.717, 1.165) is 19.5 Å². The Balaban J connectivity index is 2.12. The average molecular weight is 262 g/mol. The van der Waals surface area contributed by atoms with Crippen molar-refractivity contribution in [1.29, 1.82) is 0 Å². The monoisotopic (exact) mass is 262 g/mol. The van der Waals surface area contributed by atoms with Gasteiger partial charge in [0.25, 0.3) is 0 Å². The summed E-state index contributed by atoms with van der Waals surface area (Å²) < 4.78 is 0. The van der Waals surface area contributed by atoms with Crippen molar-refractivity contribution in [3.63, 3.8) is 0 Å². The molecule has 0 aliphatic heterocycles. The third-order valence-corrected chi connectivity index (χ3v) is 2.74. The number of rotatable bonds is 8. The van der Waals surface area contributed by atoms with Gasteiger partial charge in [-0.15, -0.1) is 0 Å². The highest BCUT2D eigenvalue weighted by Gasteiger charge is 2.04. The van der Waals surface area contributed by atoms with Crippen molar-refractivity contribution >= 4 is 11.7 Å². The minimum Gasteiger partial charge on any atom is -0.356 e. The molecule has 19 heavy (non-hydrogen) atoms. The number of carbonyl (C=O) groups excluding carboxylic acids is 2. The van der Waals surface area contributed by atoms with Gasteiger partial charge in [0.1, 0.15) is 5.78 Å².